The zero-order valence-electron chi connectivity index (χ0n) is 59.0. The van der Waals surface area contributed by atoms with Crippen molar-refractivity contribution >= 4 is 52.1 Å². The molecule has 0 spiro atoms. The Morgan fingerprint density at radius 2 is 1.38 bits per heavy atom. The number of hydrogen-bond donors (Lipinski definition) is 16. The number of carbonyl (C=O) groups is 7. The summed E-state index contributed by atoms with van der Waals surface area (Å²) in [6, 6.07) is 8.68. The topological polar surface area (TPSA) is 415 Å². The number of nitrogens with two attached hydrogens (primary N) is 2. The van der Waals surface area contributed by atoms with E-state index in [1.165, 1.54) is 47.0 Å². The van der Waals surface area contributed by atoms with Gasteiger partial charge in [0.2, 0.25) is 41.4 Å². The molecule has 16 atom stereocenters. The number of phenols is 1. The highest BCUT2D eigenvalue weighted by atomic mass is 16.3. The molecule has 26 heteroatoms. The maximum Gasteiger partial charge on any atom is 0.248 e. The van der Waals surface area contributed by atoms with Gasteiger partial charge in [0, 0.05) is 63.9 Å². The Kier molecular flexibility index (Phi) is 34.1. The minimum atomic E-state index is -2.28. The Morgan fingerprint density at radius 3 is 2.05 bits per heavy atom. The summed E-state index contributed by atoms with van der Waals surface area (Å²) in [5.41, 5.74) is 12.9. The van der Waals surface area contributed by atoms with Crippen molar-refractivity contribution in [3.8, 4) is 17.6 Å². The first-order chi connectivity index (χ1) is 47.0. The van der Waals surface area contributed by atoms with Crippen molar-refractivity contribution in [3.63, 3.8) is 0 Å². The number of amides is 7. The number of aliphatic hydroxyl groups excluding tert-OH is 7. The number of phenolic OH excluding ortho intramolecular Hbond substituents is 1. The maximum atomic E-state index is 14.6. The first-order valence-corrected chi connectivity index (χ1v) is 35.1. The highest BCUT2D eigenvalue weighted by Gasteiger charge is 2.49. The van der Waals surface area contributed by atoms with Crippen LogP contribution in [0.4, 0.5) is 0 Å². The molecular formula is C73H113N11O15. The summed E-state index contributed by atoms with van der Waals surface area (Å²) >= 11 is 0. The van der Waals surface area contributed by atoms with Crippen molar-refractivity contribution in [1.82, 2.24) is 46.6 Å². The molecule has 550 valence electrons. The number of unbranched alkanes of at least 4 members (excludes halogenated alkanes) is 5. The third-order valence-electron chi connectivity index (χ3n) is 18.3. The van der Waals surface area contributed by atoms with Gasteiger partial charge in [0.1, 0.15) is 60.4 Å². The second-order valence-corrected chi connectivity index (χ2v) is 28.0. The second-order valence-electron chi connectivity index (χ2n) is 28.0. The van der Waals surface area contributed by atoms with E-state index in [9.17, 15) is 74.4 Å². The minimum Gasteiger partial charge on any atom is -0.508 e. The number of hydrogen-bond acceptors (Lipinski definition) is 19. The van der Waals surface area contributed by atoms with Crippen LogP contribution >= 0.6 is 0 Å². The maximum absolute atomic E-state index is 14.6. The van der Waals surface area contributed by atoms with Gasteiger partial charge >= 0.3 is 0 Å². The zero-order chi connectivity index (χ0) is 73.1. The van der Waals surface area contributed by atoms with Gasteiger partial charge in [-0.1, -0.05) is 138 Å². The lowest BCUT2D eigenvalue weighted by Gasteiger charge is -2.35. The number of fused-ring (bicyclic) bond motifs is 3. The Hall–Kier alpha value is -7.13. The third kappa shape index (κ3) is 26.1. The number of carbonyl (C=O) groups excluding carboxylic acids is 7. The molecule has 26 nitrogen and oxygen atoms in total. The summed E-state index contributed by atoms with van der Waals surface area (Å²) in [5, 5.41) is 107. The molecule has 3 saturated heterocycles. The van der Waals surface area contributed by atoms with Crippen LogP contribution in [0.25, 0.3) is 10.8 Å². The number of nitrogens with zero attached hydrogens (tertiary/aromatic N) is 3. The summed E-state index contributed by atoms with van der Waals surface area (Å²) in [6.07, 6.45) is -2.85. The number of nitrogens with one attached hydrogen (secondary N) is 6. The van der Waals surface area contributed by atoms with Gasteiger partial charge in [-0.05, 0) is 119 Å². The van der Waals surface area contributed by atoms with E-state index < -0.39 is 146 Å². The van der Waals surface area contributed by atoms with Gasteiger partial charge in [-0.15, -0.1) is 0 Å². The molecule has 3 fully saturated rings. The van der Waals surface area contributed by atoms with Gasteiger partial charge in [0.15, 0.2) is 0 Å². The predicted molar refractivity (Wildman–Crippen MR) is 377 cm³/mol. The Balaban J connectivity index is 0.000000676. The fourth-order valence-electron chi connectivity index (χ4n) is 12.6. The average molecular weight is 1380 g/mol. The molecule has 3 aliphatic heterocycles. The normalized spacial score (nSPS) is 24.9. The number of rotatable bonds is 27. The summed E-state index contributed by atoms with van der Waals surface area (Å²) in [5.74, 6) is -0.103. The molecule has 7 amide bonds. The van der Waals surface area contributed by atoms with Gasteiger partial charge in [-0.25, -0.2) is 0 Å². The molecule has 3 aliphatic rings. The lowest BCUT2D eigenvalue weighted by molar-refractivity contribution is -0.148. The van der Waals surface area contributed by atoms with Crippen LogP contribution in [0.15, 0.2) is 78.9 Å². The van der Waals surface area contributed by atoms with E-state index in [4.69, 9.17) is 11.5 Å². The Bertz CT molecular complexity index is 3150. The molecule has 3 aromatic rings. The van der Waals surface area contributed by atoms with Crippen molar-refractivity contribution in [2.24, 2.45) is 28.7 Å². The van der Waals surface area contributed by atoms with E-state index in [0.29, 0.717) is 24.7 Å². The van der Waals surface area contributed by atoms with Crippen LogP contribution in [0.1, 0.15) is 156 Å². The van der Waals surface area contributed by atoms with E-state index in [0.717, 1.165) is 68.3 Å². The highest BCUT2D eigenvalue weighted by Crippen LogP contribution is 2.28. The predicted octanol–water partition coefficient (Wildman–Crippen LogP) is 1.57. The van der Waals surface area contributed by atoms with Crippen LogP contribution in [0.2, 0.25) is 0 Å². The van der Waals surface area contributed by atoms with E-state index in [1.807, 2.05) is 6.08 Å². The lowest BCUT2D eigenvalue weighted by atomic mass is 9.91. The largest absolute Gasteiger partial charge is 0.508 e. The van der Waals surface area contributed by atoms with E-state index in [-0.39, 0.29) is 62.2 Å². The van der Waals surface area contributed by atoms with E-state index in [2.05, 4.69) is 146 Å². The van der Waals surface area contributed by atoms with Gasteiger partial charge < -0.3 is 88.7 Å². The lowest BCUT2D eigenvalue weighted by Crippen LogP contribution is -2.65. The van der Waals surface area contributed by atoms with Gasteiger partial charge in [0.25, 0.3) is 0 Å². The van der Waals surface area contributed by atoms with Crippen LogP contribution < -0.4 is 43.4 Å². The zero-order valence-corrected chi connectivity index (χ0v) is 59.0. The monoisotopic (exact) mass is 1380 g/mol. The molecule has 0 bridgehead atoms. The SMILES string of the molecule is CCC(C)CC(C)CCCCCCCCC(=O)N[C@H]1C[C@@H](O)[C@H](NCCN)NC(=O)[C@@H]2[C@@H](O)CCN2C(=O)[C@H]([C@H](O)CCN)NC(=O)[C@H]([C@H](O)[C@@H](O)c2ccc(O)cc2)NC(=O)[C@@H]2C[C@@H](O)CN2C(=O)[C@H]([C@@H](C)O)NC1=O.CN(C/C=C/C#CC(C)(C)C)Cc1cccc2ccccc12. The van der Waals surface area contributed by atoms with Crippen LogP contribution in [-0.2, 0) is 40.1 Å². The van der Waals surface area contributed by atoms with Crippen molar-refractivity contribution in [3.05, 3.63) is 90.0 Å². The summed E-state index contributed by atoms with van der Waals surface area (Å²) in [4.78, 5) is 104. The number of benzene rings is 3. The van der Waals surface area contributed by atoms with Gasteiger partial charge in [-0.3, -0.25) is 43.8 Å². The molecule has 99 heavy (non-hydrogen) atoms. The molecule has 18 N–H and O–H groups in total. The fraction of sp³-hybridized carbons (Fsp3) is 0.630. The molecule has 3 aromatic carbocycles. The quantitative estimate of drug-likeness (QED) is 0.0380. The molecule has 0 saturated carbocycles. The summed E-state index contributed by atoms with van der Waals surface area (Å²) in [6.45, 7) is 15.0. The fourth-order valence-corrected chi connectivity index (χ4v) is 12.6. The summed E-state index contributed by atoms with van der Waals surface area (Å²) < 4.78 is 0. The molecule has 0 radical (unpaired) electrons. The second kappa shape index (κ2) is 41.0. The average Bonchev–Trinajstić information content (AvgIpc) is 1.72. The molecular weight excluding hydrogens is 1270 g/mol. The standard InChI is InChI=1S/C52H88N10O15.C21H25N/c1-5-28(2)24-29(3)12-10-8-6-7-9-11-13-39(69)56-34-26-38(68)46(55-22-21-54)60-50(75)43-37(67)19-23-61(43)52(77)41(36(66)18-20-53)58-49(74)42(45(71)44(70)31-14-16-32(64)17-15-31)59-48(73)35-25-33(65)27-62(35)51(76)40(30(4)63)57-47(34)72;1-21(2,3)15-8-5-9-16-22(4)17-19-13-10-12-18-11-6-7-14-20(18)19/h14-17,28-30,33-38,40-46,55,63-68,70-71H,5-13,18-27,53-54H2,1-4H3,(H,56,69)(H,57,72)(H,58,74)(H,59,73)(H,60,75);5-7,9-14H,16-17H2,1-4H3/b;9-5+/t28?,29?,30-,33-,34+,35+,36-,37+,38-,40+,41+,42+,43+,44+,45+,46-;/m1./s1. The number of aromatic hydroxyl groups is 1. The Morgan fingerprint density at radius 1 is 0.737 bits per heavy atom. The number of allylic oxidation sites excluding steroid dienone is 1. The first-order valence-electron chi connectivity index (χ1n) is 35.1. The number of aliphatic hydroxyl groups is 7. The number of likely N-dealkylation sites (N-methyl/N-ethyl adjacent to an activating group) is 1. The van der Waals surface area contributed by atoms with E-state index in [1.54, 1.807) is 0 Å². The first kappa shape index (κ1) is 82.5. The smallest absolute Gasteiger partial charge is 0.248 e. The van der Waals surface area contributed by atoms with Crippen LogP contribution in [0.5, 0.6) is 5.75 Å². The van der Waals surface area contributed by atoms with Gasteiger partial charge in [-0.2, -0.15) is 0 Å². The van der Waals surface area contributed by atoms with Crippen molar-refractivity contribution in [2.75, 3.05) is 46.3 Å². The highest BCUT2D eigenvalue weighted by molar-refractivity contribution is 5.98. The van der Waals surface area contributed by atoms with Crippen LogP contribution in [0.3, 0.4) is 0 Å². The summed E-state index contributed by atoms with van der Waals surface area (Å²) in [7, 11) is 2.14. The molecule has 2 unspecified atom stereocenters. The van der Waals surface area contributed by atoms with Crippen molar-refractivity contribution in [2.45, 2.75) is 230 Å². The van der Waals surface area contributed by atoms with Crippen LogP contribution in [-0.4, -0.2) is 222 Å². The van der Waals surface area contributed by atoms with Crippen molar-refractivity contribution in [1.29, 1.82) is 0 Å². The van der Waals surface area contributed by atoms with E-state index >= 15 is 0 Å². The molecule has 6 rings (SSSR count). The Labute approximate surface area is 583 Å². The van der Waals surface area contributed by atoms with Crippen molar-refractivity contribution < 1.29 is 74.4 Å². The van der Waals surface area contributed by atoms with Gasteiger partial charge in [0.05, 0.1) is 30.5 Å². The van der Waals surface area contributed by atoms with Crippen LogP contribution in [0, 0.1) is 29.1 Å². The molecule has 0 aliphatic carbocycles. The molecule has 3 heterocycles. The molecule has 0 aromatic heterocycles. The minimum absolute atomic E-state index is 0.0257. The third-order valence-corrected chi connectivity index (χ3v) is 18.3.